The highest BCUT2D eigenvalue weighted by molar-refractivity contribution is 7.89. The predicted octanol–water partition coefficient (Wildman–Crippen LogP) is 2.20. The number of sulfonamides is 1. The van der Waals surface area contributed by atoms with E-state index in [4.69, 9.17) is 9.88 Å². The van der Waals surface area contributed by atoms with Gasteiger partial charge in [-0.2, -0.15) is 5.10 Å². The molecule has 0 aliphatic rings. The number of aromatic nitrogens is 2. The quantitative estimate of drug-likeness (QED) is 0.795. The van der Waals surface area contributed by atoms with E-state index in [1.807, 2.05) is 30.3 Å². The van der Waals surface area contributed by atoms with Crippen LogP contribution < -0.4 is 9.88 Å². The van der Waals surface area contributed by atoms with E-state index in [2.05, 4.69) is 5.10 Å². The second kappa shape index (κ2) is 5.86. The van der Waals surface area contributed by atoms with Gasteiger partial charge >= 0.3 is 0 Å². The lowest BCUT2D eigenvalue weighted by molar-refractivity contribution is 0.415. The summed E-state index contributed by atoms with van der Waals surface area (Å²) >= 11 is 0. The molecule has 7 heteroatoms. The number of primary sulfonamides is 1. The number of nitrogens with two attached hydrogens (primary N) is 1. The van der Waals surface area contributed by atoms with E-state index in [-0.39, 0.29) is 4.90 Å². The number of hydrogen-bond donors (Lipinski definition) is 1. The summed E-state index contributed by atoms with van der Waals surface area (Å²) in [5.41, 5.74) is 2.04. The molecule has 0 saturated heterocycles. The third kappa shape index (κ3) is 2.96. The highest BCUT2D eigenvalue weighted by Gasteiger charge is 2.17. The van der Waals surface area contributed by atoms with Gasteiger partial charge in [0.05, 0.1) is 24.7 Å². The van der Waals surface area contributed by atoms with Crippen LogP contribution in [0.15, 0.2) is 65.7 Å². The lowest BCUT2D eigenvalue weighted by atomic mass is 10.1. The molecule has 0 fully saturated rings. The first-order valence-corrected chi connectivity index (χ1v) is 8.36. The molecule has 0 unspecified atom stereocenters. The molecular formula is C16H15N3O3S. The zero-order chi connectivity index (χ0) is 16.4. The van der Waals surface area contributed by atoms with Crippen LogP contribution in [0.25, 0.3) is 16.9 Å². The molecule has 23 heavy (non-hydrogen) atoms. The standard InChI is InChI=1S/C16H15N3O3S/c1-22-13-8-6-12(7-9-13)14-10-11-18-19(14)15-4-2-3-5-16(15)23(17,20)21/h2-11H,1H3,(H2,17,20,21). The molecule has 0 saturated carbocycles. The van der Waals surface area contributed by atoms with Crippen molar-refractivity contribution in [2.45, 2.75) is 4.90 Å². The van der Waals surface area contributed by atoms with Crippen molar-refractivity contribution in [2.75, 3.05) is 7.11 Å². The van der Waals surface area contributed by atoms with E-state index in [9.17, 15) is 8.42 Å². The van der Waals surface area contributed by atoms with Crippen molar-refractivity contribution in [1.29, 1.82) is 0 Å². The van der Waals surface area contributed by atoms with Crippen LogP contribution in [0.3, 0.4) is 0 Å². The minimum Gasteiger partial charge on any atom is -0.497 e. The molecule has 6 nitrogen and oxygen atoms in total. The third-order valence-electron chi connectivity index (χ3n) is 3.43. The van der Waals surface area contributed by atoms with Gasteiger partial charge in [-0.15, -0.1) is 0 Å². The van der Waals surface area contributed by atoms with Gasteiger partial charge in [0.2, 0.25) is 10.0 Å². The Bertz CT molecular complexity index is 931. The van der Waals surface area contributed by atoms with Crippen molar-refractivity contribution in [3.8, 4) is 22.7 Å². The maximum absolute atomic E-state index is 11.8. The van der Waals surface area contributed by atoms with Gasteiger partial charge in [-0.05, 0) is 42.5 Å². The zero-order valence-electron chi connectivity index (χ0n) is 12.4. The zero-order valence-corrected chi connectivity index (χ0v) is 13.2. The molecule has 0 bridgehead atoms. The molecule has 0 aliphatic heterocycles. The second-order valence-electron chi connectivity index (χ2n) is 4.87. The van der Waals surface area contributed by atoms with Gasteiger partial charge in [0.15, 0.2) is 0 Å². The molecule has 2 aromatic carbocycles. The number of benzene rings is 2. The Hall–Kier alpha value is -2.64. The lowest BCUT2D eigenvalue weighted by Crippen LogP contribution is -2.16. The van der Waals surface area contributed by atoms with Crippen molar-refractivity contribution in [3.63, 3.8) is 0 Å². The molecule has 0 radical (unpaired) electrons. The van der Waals surface area contributed by atoms with E-state index < -0.39 is 10.0 Å². The first kappa shape index (κ1) is 15.3. The van der Waals surface area contributed by atoms with Gasteiger partial charge in [-0.1, -0.05) is 12.1 Å². The van der Waals surface area contributed by atoms with Crippen molar-refractivity contribution >= 4 is 10.0 Å². The van der Waals surface area contributed by atoms with Crippen molar-refractivity contribution in [3.05, 3.63) is 60.8 Å². The van der Waals surface area contributed by atoms with Gasteiger partial charge < -0.3 is 4.74 Å². The van der Waals surface area contributed by atoms with Crippen LogP contribution in [-0.4, -0.2) is 25.3 Å². The van der Waals surface area contributed by atoms with Crippen molar-refractivity contribution in [1.82, 2.24) is 9.78 Å². The average Bonchev–Trinajstić information content (AvgIpc) is 3.03. The van der Waals surface area contributed by atoms with Crippen molar-refractivity contribution < 1.29 is 13.2 Å². The normalized spacial score (nSPS) is 11.4. The Balaban J connectivity index is 2.15. The third-order valence-corrected chi connectivity index (χ3v) is 4.39. The fourth-order valence-electron chi connectivity index (χ4n) is 2.35. The fourth-order valence-corrected chi connectivity index (χ4v) is 3.06. The first-order valence-electron chi connectivity index (χ1n) is 6.81. The molecule has 1 aromatic heterocycles. The lowest BCUT2D eigenvalue weighted by Gasteiger charge is -2.11. The SMILES string of the molecule is COc1ccc(-c2ccnn2-c2ccccc2S(N)(=O)=O)cc1. The number of hydrogen-bond acceptors (Lipinski definition) is 4. The van der Waals surface area contributed by atoms with Gasteiger partial charge in [0, 0.05) is 5.56 Å². The molecule has 0 spiro atoms. The summed E-state index contributed by atoms with van der Waals surface area (Å²) in [6, 6.07) is 15.7. The smallest absolute Gasteiger partial charge is 0.240 e. The van der Waals surface area contributed by atoms with Crippen LogP contribution in [0.5, 0.6) is 5.75 Å². The Morgan fingerprint density at radius 2 is 1.74 bits per heavy atom. The van der Waals surface area contributed by atoms with E-state index in [1.165, 1.54) is 6.07 Å². The highest BCUT2D eigenvalue weighted by Crippen LogP contribution is 2.27. The van der Waals surface area contributed by atoms with Crippen LogP contribution in [0.1, 0.15) is 0 Å². The van der Waals surface area contributed by atoms with Crippen molar-refractivity contribution in [2.24, 2.45) is 5.14 Å². The largest absolute Gasteiger partial charge is 0.497 e. The van der Waals surface area contributed by atoms with E-state index in [0.717, 1.165) is 17.0 Å². The molecule has 118 valence electrons. The Kier molecular flexibility index (Phi) is 3.89. The molecular weight excluding hydrogens is 314 g/mol. The number of rotatable bonds is 4. The number of para-hydroxylation sites is 1. The Morgan fingerprint density at radius 1 is 1.04 bits per heavy atom. The molecule has 1 heterocycles. The second-order valence-corrected chi connectivity index (χ2v) is 6.40. The average molecular weight is 329 g/mol. The maximum atomic E-state index is 11.8. The fraction of sp³-hybridized carbons (Fsp3) is 0.0625. The summed E-state index contributed by atoms with van der Waals surface area (Å²) in [5, 5.41) is 9.55. The van der Waals surface area contributed by atoms with Gasteiger partial charge in [0.25, 0.3) is 0 Å². The minimum absolute atomic E-state index is 0.0264. The Labute approximate surface area is 134 Å². The topological polar surface area (TPSA) is 87.2 Å². The maximum Gasteiger partial charge on any atom is 0.240 e. The summed E-state index contributed by atoms with van der Waals surface area (Å²) in [7, 11) is -2.25. The van der Waals surface area contributed by atoms with Gasteiger partial charge in [0.1, 0.15) is 10.6 Å². The van der Waals surface area contributed by atoms with Gasteiger partial charge in [-0.3, -0.25) is 0 Å². The predicted molar refractivity (Wildman–Crippen MR) is 86.9 cm³/mol. The first-order chi connectivity index (χ1) is 11.0. The molecule has 3 aromatic rings. The van der Waals surface area contributed by atoms with Gasteiger partial charge in [-0.25, -0.2) is 18.2 Å². The summed E-state index contributed by atoms with van der Waals surface area (Å²) in [6.45, 7) is 0. The number of ether oxygens (including phenoxy) is 1. The molecule has 0 atom stereocenters. The van der Waals surface area contributed by atoms with E-state index in [1.54, 1.807) is 36.2 Å². The molecule has 0 aliphatic carbocycles. The van der Waals surface area contributed by atoms with E-state index in [0.29, 0.717) is 5.69 Å². The summed E-state index contributed by atoms with van der Waals surface area (Å²) in [5.74, 6) is 0.741. The van der Waals surface area contributed by atoms with E-state index >= 15 is 0 Å². The summed E-state index contributed by atoms with van der Waals surface area (Å²) < 4.78 is 30.3. The van der Waals surface area contributed by atoms with Crippen LogP contribution in [0, 0.1) is 0 Å². The monoisotopic (exact) mass is 329 g/mol. The van der Waals surface area contributed by atoms with Crippen LogP contribution in [0.2, 0.25) is 0 Å². The number of nitrogens with zero attached hydrogens (tertiary/aromatic N) is 2. The number of methoxy groups -OCH3 is 1. The summed E-state index contributed by atoms with van der Waals surface area (Å²) in [6.07, 6.45) is 1.61. The molecule has 3 rings (SSSR count). The minimum atomic E-state index is -3.85. The summed E-state index contributed by atoms with van der Waals surface area (Å²) in [4.78, 5) is 0.0264. The molecule has 2 N–H and O–H groups in total. The van der Waals surface area contributed by atoms with Crippen LogP contribution in [0.4, 0.5) is 0 Å². The highest BCUT2D eigenvalue weighted by atomic mass is 32.2. The van der Waals surface area contributed by atoms with Crippen LogP contribution in [-0.2, 0) is 10.0 Å². The molecule has 0 amide bonds. The van der Waals surface area contributed by atoms with Crippen LogP contribution >= 0.6 is 0 Å². The Morgan fingerprint density at radius 3 is 2.39 bits per heavy atom.